The summed E-state index contributed by atoms with van der Waals surface area (Å²) in [5, 5.41) is 0.549. The average molecular weight is 155 g/mol. The Morgan fingerprint density at radius 1 is 1.50 bits per heavy atom. The largest absolute Gasteiger partial charge is 0.244 e. The minimum Gasteiger partial charge on any atom is -0.244 e. The molecule has 0 aliphatic carbocycles. The first-order valence-electron chi connectivity index (χ1n) is 3.22. The second-order valence-electron chi connectivity index (χ2n) is 2.09. The Bertz CT molecular complexity index is 193. The van der Waals surface area contributed by atoms with Crippen LogP contribution in [-0.4, -0.2) is 4.98 Å². The maximum absolute atomic E-state index is 5.59. The van der Waals surface area contributed by atoms with E-state index < -0.39 is 0 Å². The summed E-state index contributed by atoms with van der Waals surface area (Å²) in [6, 6.07) is 3.77. The molecule has 1 aromatic heterocycles. The quantitative estimate of drug-likeness (QED) is 0.597. The number of aromatic nitrogens is 1. The van der Waals surface area contributed by atoms with Gasteiger partial charge in [0.15, 0.2) is 0 Å². The number of halogens is 1. The molecule has 0 saturated heterocycles. The molecule has 1 aromatic rings. The first-order chi connectivity index (χ1) is 4.83. The molecule has 10 heavy (non-hydrogen) atoms. The standard InChI is InChI=1S/C8H9ClN/c1-2-3-7-4-5-8(9)10-6-7/h4-6H,1-3H2. The van der Waals surface area contributed by atoms with Crippen molar-refractivity contribution in [2.45, 2.75) is 12.8 Å². The smallest absolute Gasteiger partial charge is 0.129 e. The van der Waals surface area contributed by atoms with Gasteiger partial charge in [-0.25, -0.2) is 4.98 Å². The summed E-state index contributed by atoms with van der Waals surface area (Å²) in [5.41, 5.74) is 1.19. The third-order valence-electron chi connectivity index (χ3n) is 1.25. The Morgan fingerprint density at radius 3 is 2.80 bits per heavy atom. The fourth-order valence-electron chi connectivity index (χ4n) is 0.758. The summed E-state index contributed by atoms with van der Waals surface area (Å²) in [5.74, 6) is 0. The molecular weight excluding hydrogens is 146 g/mol. The van der Waals surface area contributed by atoms with E-state index in [-0.39, 0.29) is 0 Å². The number of hydrogen-bond acceptors (Lipinski definition) is 1. The van der Waals surface area contributed by atoms with Gasteiger partial charge in [0.2, 0.25) is 0 Å². The number of aryl methyl sites for hydroxylation is 1. The third kappa shape index (κ3) is 1.99. The van der Waals surface area contributed by atoms with Crippen LogP contribution in [-0.2, 0) is 6.42 Å². The van der Waals surface area contributed by atoms with Gasteiger partial charge in [-0.15, -0.1) is 0 Å². The first kappa shape index (κ1) is 7.55. The second kappa shape index (κ2) is 3.57. The predicted molar refractivity (Wildman–Crippen MR) is 42.9 cm³/mol. The van der Waals surface area contributed by atoms with Gasteiger partial charge in [-0.1, -0.05) is 24.6 Å². The zero-order valence-electron chi connectivity index (χ0n) is 5.68. The molecule has 0 aliphatic rings. The van der Waals surface area contributed by atoms with E-state index in [2.05, 4.69) is 11.9 Å². The molecule has 53 valence electrons. The summed E-state index contributed by atoms with van der Waals surface area (Å²) in [4.78, 5) is 3.94. The van der Waals surface area contributed by atoms with Crippen LogP contribution in [0.3, 0.4) is 0 Å². The van der Waals surface area contributed by atoms with Crippen LogP contribution in [0.25, 0.3) is 0 Å². The number of hydrogen-bond donors (Lipinski definition) is 0. The monoisotopic (exact) mass is 154 g/mol. The van der Waals surface area contributed by atoms with Gasteiger partial charge in [0.25, 0.3) is 0 Å². The van der Waals surface area contributed by atoms with Crippen LogP contribution in [0.1, 0.15) is 12.0 Å². The predicted octanol–water partition coefficient (Wildman–Crippen LogP) is 2.50. The molecule has 1 heterocycles. The van der Waals surface area contributed by atoms with Gasteiger partial charge in [0.05, 0.1) is 0 Å². The molecule has 0 aliphatic heterocycles. The summed E-state index contributed by atoms with van der Waals surface area (Å²) in [7, 11) is 0. The van der Waals surface area contributed by atoms with Crippen molar-refractivity contribution in [3.05, 3.63) is 36.0 Å². The molecule has 0 aromatic carbocycles. The van der Waals surface area contributed by atoms with E-state index in [0.717, 1.165) is 12.8 Å². The molecule has 0 saturated carbocycles. The Balaban J connectivity index is 2.69. The molecule has 0 bridgehead atoms. The van der Waals surface area contributed by atoms with E-state index >= 15 is 0 Å². The summed E-state index contributed by atoms with van der Waals surface area (Å²) in [6.45, 7) is 3.74. The van der Waals surface area contributed by atoms with Crippen LogP contribution in [0.15, 0.2) is 18.3 Å². The van der Waals surface area contributed by atoms with Crippen LogP contribution in [0.2, 0.25) is 5.15 Å². The van der Waals surface area contributed by atoms with Crippen molar-refractivity contribution in [1.29, 1.82) is 0 Å². The molecule has 0 fully saturated rings. The lowest BCUT2D eigenvalue weighted by molar-refractivity contribution is 0.985. The summed E-state index contributed by atoms with van der Waals surface area (Å²) < 4.78 is 0. The summed E-state index contributed by atoms with van der Waals surface area (Å²) >= 11 is 5.59. The molecule has 1 rings (SSSR count). The average Bonchev–Trinajstić information content (AvgIpc) is 1.95. The van der Waals surface area contributed by atoms with Crippen molar-refractivity contribution in [2.24, 2.45) is 0 Å². The SMILES string of the molecule is [CH2]CCc1ccc(Cl)nc1. The molecule has 0 N–H and O–H groups in total. The minimum atomic E-state index is 0.549. The molecule has 0 amide bonds. The lowest BCUT2D eigenvalue weighted by Crippen LogP contribution is -1.83. The topological polar surface area (TPSA) is 12.9 Å². The van der Waals surface area contributed by atoms with Crippen molar-refractivity contribution in [2.75, 3.05) is 0 Å². The van der Waals surface area contributed by atoms with Crippen LogP contribution >= 0.6 is 11.6 Å². The molecule has 0 unspecified atom stereocenters. The Hall–Kier alpha value is -0.560. The van der Waals surface area contributed by atoms with Crippen LogP contribution in [0, 0.1) is 6.92 Å². The van der Waals surface area contributed by atoms with Crippen molar-refractivity contribution in [3.63, 3.8) is 0 Å². The maximum atomic E-state index is 5.59. The van der Waals surface area contributed by atoms with Crippen molar-refractivity contribution < 1.29 is 0 Å². The molecule has 2 heteroatoms. The maximum Gasteiger partial charge on any atom is 0.129 e. The van der Waals surface area contributed by atoms with Crippen LogP contribution in [0.5, 0.6) is 0 Å². The van der Waals surface area contributed by atoms with E-state index in [1.54, 1.807) is 12.3 Å². The lowest BCUT2D eigenvalue weighted by Gasteiger charge is -1.95. The normalized spacial score (nSPS) is 9.80. The van der Waals surface area contributed by atoms with Gasteiger partial charge in [-0.3, -0.25) is 0 Å². The third-order valence-corrected chi connectivity index (χ3v) is 1.48. The highest BCUT2D eigenvalue weighted by atomic mass is 35.5. The zero-order chi connectivity index (χ0) is 7.40. The van der Waals surface area contributed by atoms with Gasteiger partial charge in [0.1, 0.15) is 5.15 Å². The summed E-state index contributed by atoms with van der Waals surface area (Å²) in [6.07, 6.45) is 3.67. The van der Waals surface area contributed by atoms with Gasteiger partial charge < -0.3 is 0 Å². The van der Waals surface area contributed by atoms with Crippen molar-refractivity contribution >= 4 is 11.6 Å². The highest BCUT2D eigenvalue weighted by molar-refractivity contribution is 6.29. The Labute approximate surface area is 66.0 Å². The molecule has 0 atom stereocenters. The van der Waals surface area contributed by atoms with E-state index in [9.17, 15) is 0 Å². The minimum absolute atomic E-state index is 0.549. The fourth-order valence-corrected chi connectivity index (χ4v) is 0.870. The highest BCUT2D eigenvalue weighted by Crippen LogP contribution is 2.06. The fraction of sp³-hybridized carbons (Fsp3) is 0.250. The number of rotatable bonds is 2. The van der Waals surface area contributed by atoms with Crippen LogP contribution < -0.4 is 0 Å². The van der Waals surface area contributed by atoms with Crippen LogP contribution in [0.4, 0.5) is 0 Å². The first-order valence-corrected chi connectivity index (χ1v) is 3.60. The van der Waals surface area contributed by atoms with E-state index in [0.29, 0.717) is 5.15 Å². The van der Waals surface area contributed by atoms with Gasteiger partial charge in [0, 0.05) is 6.20 Å². The van der Waals surface area contributed by atoms with Gasteiger partial charge >= 0.3 is 0 Å². The Kier molecular flexibility index (Phi) is 2.69. The van der Waals surface area contributed by atoms with Crippen molar-refractivity contribution in [1.82, 2.24) is 4.98 Å². The van der Waals surface area contributed by atoms with E-state index in [1.807, 2.05) is 6.07 Å². The molecule has 1 radical (unpaired) electrons. The highest BCUT2D eigenvalue weighted by Gasteiger charge is 1.90. The van der Waals surface area contributed by atoms with E-state index in [4.69, 9.17) is 11.6 Å². The van der Waals surface area contributed by atoms with Gasteiger partial charge in [-0.2, -0.15) is 0 Å². The Morgan fingerprint density at radius 2 is 2.30 bits per heavy atom. The molecule has 0 spiro atoms. The van der Waals surface area contributed by atoms with E-state index in [1.165, 1.54) is 5.56 Å². The zero-order valence-corrected chi connectivity index (χ0v) is 6.43. The molecular formula is C8H9ClN. The number of pyridine rings is 1. The molecule has 1 nitrogen and oxygen atoms in total. The van der Waals surface area contributed by atoms with Gasteiger partial charge in [-0.05, 0) is 24.5 Å². The second-order valence-corrected chi connectivity index (χ2v) is 2.48. The van der Waals surface area contributed by atoms with Crippen molar-refractivity contribution in [3.8, 4) is 0 Å². The lowest BCUT2D eigenvalue weighted by atomic mass is 10.2. The number of nitrogens with zero attached hydrogens (tertiary/aromatic N) is 1.